The first-order valence-electron chi connectivity index (χ1n) is 5.89. The summed E-state index contributed by atoms with van der Waals surface area (Å²) in [6.07, 6.45) is 1.06. The van der Waals surface area contributed by atoms with Gasteiger partial charge in [0.2, 0.25) is 5.91 Å². The lowest BCUT2D eigenvalue weighted by Crippen LogP contribution is -2.42. The van der Waals surface area contributed by atoms with Crippen LogP contribution in [0.5, 0.6) is 0 Å². The van der Waals surface area contributed by atoms with Gasteiger partial charge in [-0.1, -0.05) is 13.0 Å². The van der Waals surface area contributed by atoms with E-state index in [1.54, 1.807) is 17.0 Å². The Morgan fingerprint density at radius 3 is 2.84 bits per heavy atom. The van der Waals surface area contributed by atoms with Crippen molar-refractivity contribution in [3.8, 4) is 0 Å². The summed E-state index contributed by atoms with van der Waals surface area (Å²) in [5, 5.41) is 10.9. The zero-order valence-electron chi connectivity index (χ0n) is 10.5. The van der Waals surface area contributed by atoms with Crippen molar-refractivity contribution in [3.63, 3.8) is 0 Å². The molecule has 1 aliphatic rings. The van der Waals surface area contributed by atoms with Crippen LogP contribution < -0.4 is 10.6 Å². The molecule has 1 aliphatic heterocycles. The summed E-state index contributed by atoms with van der Waals surface area (Å²) in [5.74, 6) is -0.170. The molecule has 1 heterocycles. The lowest BCUT2D eigenvalue weighted by Gasteiger charge is -2.20. The van der Waals surface area contributed by atoms with Crippen LogP contribution in [0.2, 0.25) is 0 Å². The SMILES string of the molecule is CC[C@H](N)C(=O)N1CCc2c1cccc2[N+](=O)[O-].Cl. The van der Waals surface area contributed by atoms with Crippen molar-refractivity contribution in [2.45, 2.75) is 25.8 Å². The zero-order chi connectivity index (χ0) is 13.3. The number of nitro groups is 1. The fourth-order valence-electron chi connectivity index (χ4n) is 2.19. The molecule has 0 spiro atoms. The third kappa shape index (κ3) is 2.69. The molecule has 2 N–H and O–H groups in total. The molecule has 7 heteroatoms. The topological polar surface area (TPSA) is 89.5 Å². The zero-order valence-corrected chi connectivity index (χ0v) is 11.4. The van der Waals surface area contributed by atoms with Crippen LogP contribution in [0.1, 0.15) is 18.9 Å². The van der Waals surface area contributed by atoms with Crippen LogP contribution in [0.15, 0.2) is 18.2 Å². The van der Waals surface area contributed by atoms with Gasteiger partial charge in [0, 0.05) is 12.6 Å². The summed E-state index contributed by atoms with van der Waals surface area (Å²) in [7, 11) is 0. The highest BCUT2D eigenvalue weighted by atomic mass is 35.5. The van der Waals surface area contributed by atoms with E-state index in [-0.39, 0.29) is 24.0 Å². The van der Waals surface area contributed by atoms with Crippen LogP contribution in [-0.4, -0.2) is 23.4 Å². The third-order valence-corrected chi connectivity index (χ3v) is 3.22. The van der Waals surface area contributed by atoms with Gasteiger partial charge in [-0.3, -0.25) is 14.9 Å². The summed E-state index contributed by atoms with van der Waals surface area (Å²) in [4.78, 5) is 24.1. The molecule has 1 aromatic carbocycles. The van der Waals surface area contributed by atoms with Gasteiger partial charge in [0.1, 0.15) is 0 Å². The molecular formula is C12H16ClN3O3. The van der Waals surface area contributed by atoms with Gasteiger partial charge in [-0.05, 0) is 18.9 Å². The summed E-state index contributed by atoms with van der Waals surface area (Å²) < 4.78 is 0. The van der Waals surface area contributed by atoms with E-state index >= 15 is 0 Å². The Hall–Kier alpha value is -1.66. The third-order valence-electron chi connectivity index (χ3n) is 3.22. The number of anilines is 1. The largest absolute Gasteiger partial charge is 0.320 e. The highest BCUT2D eigenvalue weighted by molar-refractivity contribution is 5.99. The molecule has 1 amide bonds. The van der Waals surface area contributed by atoms with Crippen molar-refractivity contribution in [2.75, 3.05) is 11.4 Å². The second-order valence-electron chi connectivity index (χ2n) is 4.29. The van der Waals surface area contributed by atoms with E-state index in [4.69, 9.17) is 5.73 Å². The van der Waals surface area contributed by atoms with E-state index in [0.29, 0.717) is 30.6 Å². The van der Waals surface area contributed by atoms with Crippen molar-refractivity contribution in [1.82, 2.24) is 0 Å². The molecule has 6 nitrogen and oxygen atoms in total. The molecule has 1 aromatic rings. The number of carbonyl (C=O) groups excluding carboxylic acids is 1. The fraction of sp³-hybridized carbons (Fsp3) is 0.417. The van der Waals surface area contributed by atoms with Crippen molar-refractivity contribution < 1.29 is 9.72 Å². The number of rotatable bonds is 3. The lowest BCUT2D eigenvalue weighted by atomic mass is 10.1. The van der Waals surface area contributed by atoms with Crippen molar-refractivity contribution >= 4 is 29.7 Å². The van der Waals surface area contributed by atoms with Crippen LogP contribution in [0.4, 0.5) is 11.4 Å². The summed E-state index contributed by atoms with van der Waals surface area (Å²) >= 11 is 0. The molecule has 0 saturated carbocycles. The van der Waals surface area contributed by atoms with Crippen molar-refractivity contribution in [2.24, 2.45) is 5.73 Å². The molecule has 104 valence electrons. The number of nitrogens with zero attached hydrogens (tertiary/aromatic N) is 2. The van der Waals surface area contributed by atoms with Crippen LogP contribution >= 0.6 is 12.4 Å². The molecule has 0 aliphatic carbocycles. The van der Waals surface area contributed by atoms with E-state index < -0.39 is 11.0 Å². The minimum atomic E-state index is -0.546. The molecule has 2 rings (SSSR count). The predicted molar refractivity (Wildman–Crippen MR) is 74.7 cm³/mol. The second kappa shape index (κ2) is 5.99. The van der Waals surface area contributed by atoms with Crippen LogP contribution in [0.25, 0.3) is 0 Å². The fourth-order valence-corrected chi connectivity index (χ4v) is 2.19. The monoisotopic (exact) mass is 285 g/mol. The van der Waals surface area contributed by atoms with Gasteiger partial charge in [-0.15, -0.1) is 12.4 Å². The maximum atomic E-state index is 12.1. The number of nitrogens with two attached hydrogens (primary N) is 1. The average molecular weight is 286 g/mol. The minimum absolute atomic E-state index is 0. The maximum absolute atomic E-state index is 12.1. The normalized spacial score (nSPS) is 14.5. The molecule has 0 saturated heterocycles. The molecule has 19 heavy (non-hydrogen) atoms. The molecule has 0 unspecified atom stereocenters. The van der Waals surface area contributed by atoms with Gasteiger partial charge < -0.3 is 10.6 Å². The molecule has 0 fully saturated rings. The van der Waals surface area contributed by atoms with Gasteiger partial charge in [0.15, 0.2) is 0 Å². The van der Waals surface area contributed by atoms with E-state index in [2.05, 4.69) is 0 Å². The average Bonchev–Trinajstić information content (AvgIpc) is 2.80. The maximum Gasteiger partial charge on any atom is 0.274 e. The number of fused-ring (bicyclic) bond motifs is 1. The first-order valence-corrected chi connectivity index (χ1v) is 5.89. The Morgan fingerprint density at radius 1 is 1.58 bits per heavy atom. The highest BCUT2D eigenvalue weighted by Gasteiger charge is 2.31. The summed E-state index contributed by atoms with van der Waals surface area (Å²) in [6, 6.07) is 4.25. The standard InChI is InChI=1S/C12H15N3O3.ClH/c1-2-9(13)12(16)14-7-6-8-10(14)4-3-5-11(8)15(17)18;/h3-5,9H,2,6-7,13H2,1H3;1H/t9-;/m0./s1. The summed E-state index contributed by atoms with van der Waals surface area (Å²) in [5.41, 5.74) is 7.05. The van der Waals surface area contributed by atoms with Crippen LogP contribution in [-0.2, 0) is 11.2 Å². The Labute approximate surface area is 117 Å². The molecule has 0 radical (unpaired) electrons. The van der Waals surface area contributed by atoms with Crippen LogP contribution in [0, 0.1) is 10.1 Å². The molecule has 0 bridgehead atoms. The number of carbonyl (C=O) groups is 1. The van der Waals surface area contributed by atoms with E-state index in [9.17, 15) is 14.9 Å². The number of hydrogen-bond acceptors (Lipinski definition) is 4. The van der Waals surface area contributed by atoms with Crippen molar-refractivity contribution in [3.05, 3.63) is 33.9 Å². The number of halogens is 1. The molecule has 1 atom stereocenters. The van der Waals surface area contributed by atoms with Crippen LogP contribution in [0.3, 0.4) is 0 Å². The highest BCUT2D eigenvalue weighted by Crippen LogP contribution is 2.34. The van der Waals surface area contributed by atoms with Gasteiger partial charge in [0.25, 0.3) is 5.69 Å². The number of amides is 1. The Balaban J connectivity index is 0.00000180. The summed E-state index contributed by atoms with van der Waals surface area (Å²) in [6.45, 7) is 2.31. The first kappa shape index (κ1) is 15.4. The van der Waals surface area contributed by atoms with Gasteiger partial charge >= 0.3 is 0 Å². The van der Waals surface area contributed by atoms with E-state index in [0.717, 1.165) is 0 Å². The van der Waals surface area contributed by atoms with Gasteiger partial charge in [-0.25, -0.2) is 0 Å². The predicted octanol–water partition coefficient (Wildman–Crippen LogP) is 1.64. The Bertz CT molecular complexity index is 507. The van der Waals surface area contributed by atoms with E-state index in [1.165, 1.54) is 6.07 Å². The Morgan fingerprint density at radius 2 is 2.26 bits per heavy atom. The molecular weight excluding hydrogens is 270 g/mol. The minimum Gasteiger partial charge on any atom is -0.320 e. The number of hydrogen-bond donors (Lipinski definition) is 1. The lowest BCUT2D eigenvalue weighted by molar-refractivity contribution is -0.385. The smallest absolute Gasteiger partial charge is 0.274 e. The second-order valence-corrected chi connectivity index (χ2v) is 4.29. The van der Waals surface area contributed by atoms with Crippen molar-refractivity contribution in [1.29, 1.82) is 0 Å². The van der Waals surface area contributed by atoms with Gasteiger partial charge in [0.05, 0.1) is 22.2 Å². The van der Waals surface area contributed by atoms with Gasteiger partial charge in [-0.2, -0.15) is 0 Å². The number of nitro benzene ring substituents is 1. The molecule has 0 aromatic heterocycles. The number of benzene rings is 1. The first-order chi connectivity index (χ1) is 8.56. The quantitative estimate of drug-likeness (QED) is 0.675. The van der Waals surface area contributed by atoms with E-state index in [1.807, 2.05) is 6.92 Å². The Kier molecular flexibility index (Phi) is 4.85.